The number of aromatic hydroxyl groups is 1. The van der Waals surface area contributed by atoms with E-state index in [0.29, 0.717) is 5.56 Å². The maximum atomic E-state index is 13.0. The summed E-state index contributed by atoms with van der Waals surface area (Å²) in [7, 11) is 1.65. The van der Waals surface area contributed by atoms with Gasteiger partial charge in [-0.25, -0.2) is 4.39 Å². The first-order chi connectivity index (χ1) is 10.1. The Balaban J connectivity index is 1.90. The number of nitrogens with one attached hydrogen (secondary N) is 1. The minimum atomic E-state index is -0.431. The number of hydrogen-bond acceptors (Lipinski definition) is 3. The highest BCUT2D eigenvalue weighted by Gasteiger charge is 2.10. The summed E-state index contributed by atoms with van der Waals surface area (Å²) >= 11 is 0. The lowest BCUT2D eigenvalue weighted by molar-refractivity contribution is 0.414. The van der Waals surface area contributed by atoms with E-state index >= 15 is 0 Å². The van der Waals surface area contributed by atoms with Crippen molar-refractivity contribution in [2.24, 2.45) is 0 Å². The van der Waals surface area contributed by atoms with Crippen LogP contribution in [0.5, 0.6) is 11.5 Å². The van der Waals surface area contributed by atoms with E-state index in [1.165, 1.54) is 11.6 Å². The summed E-state index contributed by atoms with van der Waals surface area (Å²) in [5.41, 5.74) is 1.87. The van der Waals surface area contributed by atoms with Gasteiger partial charge in [0.15, 0.2) is 0 Å². The zero-order chi connectivity index (χ0) is 15.2. The maximum absolute atomic E-state index is 13.0. The standard InChI is InChI=1S/C17H20FNO2/c1-12(16-7-6-14(18)11-17(16)20)19-9-8-13-4-3-5-15(10-13)21-2/h3-7,10-12,19-20H,8-9H2,1-2H3. The minimum absolute atomic E-state index is 0.0172. The molecule has 2 rings (SSSR count). The summed E-state index contributed by atoms with van der Waals surface area (Å²) in [4.78, 5) is 0. The summed E-state index contributed by atoms with van der Waals surface area (Å²) in [5.74, 6) is 0.396. The molecule has 1 unspecified atom stereocenters. The van der Waals surface area contributed by atoms with Crippen LogP contribution in [0.15, 0.2) is 42.5 Å². The summed E-state index contributed by atoms with van der Waals surface area (Å²) in [6, 6.07) is 12.0. The van der Waals surface area contributed by atoms with Crippen LogP contribution in [-0.4, -0.2) is 18.8 Å². The van der Waals surface area contributed by atoms with Crippen molar-refractivity contribution in [2.45, 2.75) is 19.4 Å². The van der Waals surface area contributed by atoms with Gasteiger partial charge in [-0.3, -0.25) is 0 Å². The van der Waals surface area contributed by atoms with Crippen molar-refractivity contribution < 1.29 is 14.2 Å². The number of rotatable bonds is 6. The van der Waals surface area contributed by atoms with E-state index in [-0.39, 0.29) is 11.8 Å². The molecule has 0 saturated carbocycles. The molecule has 21 heavy (non-hydrogen) atoms. The summed E-state index contributed by atoms with van der Waals surface area (Å²) in [6.45, 7) is 2.70. The van der Waals surface area contributed by atoms with E-state index in [2.05, 4.69) is 5.32 Å². The molecule has 0 heterocycles. The van der Waals surface area contributed by atoms with Crippen molar-refractivity contribution >= 4 is 0 Å². The van der Waals surface area contributed by atoms with Gasteiger partial charge in [-0.15, -0.1) is 0 Å². The molecule has 0 aromatic heterocycles. The Morgan fingerprint density at radius 2 is 2.05 bits per heavy atom. The van der Waals surface area contributed by atoms with Gasteiger partial charge < -0.3 is 15.2 Å². The largest absolute Gasteiger partial charge is 0.508 e. The van der Waals surface area contributed by atoms with Crippen LogP contribution >= 0.6 is 0 Å². The van der Waals surface area contributed by atoms with E-state index in [1.54, 1.807) is 13.2 Å². The zero-order valence-electron chi connectivity index (χ0n) is 12.3. The molecular formula is C17H20FNO2. The lowest BCUT2D eigenvalue weighted by Gasteiger charge is -2.15. The normalized spacial score (nSPS) is 12.1. The summed E-state index contributed by atoms with van der Waals surface area (Å²) in [5, 5.41) is 13.1. The van der Waals surface area contributed by atoms with Gasteiger partial charge in [0.1, 0.15) is 17.3 Å². The molecule has 0 saturated heterocycles. The quantitative estimate of drug-likeness (QED) is 0.856. The van der Waals surface area contributed by atoms with Crippen LogP contribution in [0.2, 0.25) is 0 Å². The third-order valence-electron chi connectivity index (χ3n) is 3.46. The Morgan fingerprint density at radius 3 is 2.76 bits per heavy atom. The highest BCUT2D eigenvalue weighted by molar-refractivity contribution is 5.35. The first-order valence-corrected chi connectivity index (χ1v) is 6.95. The molecule has 0 aliphatic heterocycles. The average Bonchev–Trinajstić information content (AvgIpc) is 2.47. The number of hydrogen-bond donors (Lipinski definition) is 2. The lowest BCUT2D eigenvalue weighted by atomic mass is 10.1. The third-order valence-corrected chi connectivity index (χ3v) is 3.46. The second-order valence-electron chi connectivity index (χ2n) is 4.98. The van der Waals surface area contributed by atoms with E-state index in [0.717, 1.165) is 24.8 Å². The Hall–Kier alpha value is -2.07. The Labute approximate surface area is 124 Å². The molecule has 2 N–H and O–H groups in total. The molecule has 0 fully saturated rings. The molecule has 112 valence electrons. The fourth-order valence-electron chi connectivity index (χ4n) is 2.25. The van der Waals surface area contributed by atoms with Crippen LogP contribution in [0.3, 0.4) is 0 Å². The highest BCUT2D eigenvalue weighted by atomic mass is 19.1. The smallest absolute Gasteiger partial charge is 0.126 e. The lowest BCUT2D eigenvalue weighted by Crippen LogP contribution is -2.21. The predicted octanol–water partition coefficient (Wildman–Crippen LogP) is 3.43. The molecule has 0 spiro atoms. The molecule has 2 aromatic carbocycles. The highest BCUT2D eigenvalue weighted by Crippen LogP contribution is 2.24. The van der Waals surface area contributed by atoms with Crippen LogP contribution < -0.4 is 10.1 Å². The second-order valence-corrected chi connectivity index (χ2v) is 4.98. The van der Waals surface area contributed by atoms with Crippen molar-refractivity contribution in [1.82, 2.24) is 5.32 Å². The average molecular weight is 289 g/mol. The van der Waals surface area contributed by atoms with Crippen molar-refractivity contribution in [3.8, 4) is 11.5 Å². The fraction of sp³-hybridized carbons (Fsp3) is 0.294. The van der Waals surface area contributed by atoms with E-state index in [4.69, 9.17) is 4.74 Å². The van der Waals surface area contributed by atoms with Crippen LogP contribution in [0.25, 0.3) is 0 Å². The van der Waals surface area contributed by atoms with Crippen molar-refractivity contribution in [1.29, 1.82) is 0 Å². The SMILES string of the molecule is COc1cccc(CCNC(C)c2ccc(F)cc2O)c1. The zero-order valence-corrected chi connectivity index (χ0v) is 12.3. The Kier molecular flexibility index (Phi) is 5.17. The second kappa shape index (κ2) is 7.09. The van der Waals surface area contributed by atoms with Crippen LogP contribution in [0.4, 0.5) is 4.39 Å². The molecule has 1 atom stereocenters. The molecule has 0 bridgehead atoms. The van der Waals surface area contributed by atoms with Gasteiger partial charge in [-0.2, -0.15) is 0 Å². The van der Waals surface area contributed by atoms with Gasteiger partial charge in [-0.05, 0) is 43.7 Å². The maximum Gasteiger partial charge on any atom is 0.126 e. The Bertz CT molecular complexity index is 601. The number of methoxy groups -OCH3 is 1. The monoisotopic (exact) mass is 289 g/mol. The van der Waals surface area contributed by atoms with Gasteiger partial charge in [0, 0.05) is 17.7 Å². The van der Waals surface area contributed by atoms with E-state index < -0.39 is 5.82 Å². The minimum Gasteiger partial charge on any atom is -0.508 e. The molecule has 4 heteroatoms. The van der Waals surface area contributed by atoms with Crippen LogP contribution in [-0.2, 0) is 6.42 Å². The molecule has 0 radical (unpaired) electrons. The number of ether oxygens (including phenoxy) is 1. The van der Waals surface area contributed by atoms with Gasteiger partial charge in [-0.1, -0.05) is 18.2 Å². The molecular weight excluding hydrogens is 269 g/mol. The molecule has 2 aromatic rings. The van der Waals surface area contributed by atoms with E-state index in [1.807, 2.05) is 31.2 Å². The first kappa shape index (κ1) is 15.3. The summed E-state index contributed by atoms with van der Waals surface area (Å²) < 4.78 is 18.2. The van der Waals surface area contributed by atoms with Gasteiger partial charge >= 0.3 is 0 Å². The predicted molar refractivity (Wildman–Crippen MR) is 81.2 cm³/mol. The first-order valence-electron chi connectivity index (χ1n) is 6.95. The number of halogens is 1. The topological polar surface area (TPSA) is 41.5 Å². The third kappa shape index (κ3) is 4.20. The number of phenols is 1. The number of benzene rings is 2. The van der Waals surface area contributed by atoms with Gasteiger partial charge in [0.2, 0.25) is 0 Å². The molecule has 0 aliphatic rings. The van der Waals surface area contributed by atoms with Crippen LogP contribution in [0.1, 0.15) is 24.1 Å². The summed E-state index contributed by atoms with van der Waals surface area (Å²) in [6.07, 6.45) is 0.851. The van der Waals surface area contributed by atoms with Gasteiger partial charge in [0.25, 0.3) is 0 Å². The number of phenolic OH excluding ortho intramolecular Hbond substituents is 1. The Morgan fingerprint density at radius 1 is 1.24 bits per heavy atom. The fourth-order valence-corrected chi connectivity index (χ4v) is 2.25. The van der Waals surface area contributed by atoms with Crippen molar-refractivity contribution in [3.63, 3.8) is 0 Å². The van der Waals surface area contributed by atoms with Crippen molar-refractivity contribution in [3.05, 3.63) is 59.4 Å². The van der Waals surface area contributed by atoms with Gasteiger partial charge in [0.05, 0.1) is 7.11 Å². The van der Waals surface area contributed by atoms with Crippen molar-refractivity contribution in [2.75, 3.05) is 13.7 Å². The molecule has 3 nitrogen and oxygen atoms in total. The van der Waals surface area contributed by atoms with E-state index in [9.17, 15) is 9.50 Å². The van der Waals surface area contributed by atoms with Crippen LogP contribution in [0, 0.1) is 5.82 Å². The molecule has 0 aliphatic carbocycles. The molecule has 0 amide bonds.